The van der Waals surface area contributed by atoms with Crippen molar-refractivity contribution in [1.82, 2.24) is 4.90 Å². The summed E-state index contributed by atoms with van der Waals surface area (Å²) in [6, 6.07) is 2.26. The average molecular weight is 380 g/mol. The maximum atomic E-state index is 12.4. The van der Waals surface area contributed by atoms with Crippen LogP contribution in [0.5, 0.6) is 11.5 Å². The molecule has 1 saturated heterocycles. The molecule has 0 bridgehead atoms. The van der Waals surface area contributed by atoms with Gasteiger partial charge in [-0.15, -0.1) is 0 Å². The highest BCUT2D eigenvalue weighted by molar-refractivity contribution is 5.96. The summed E-state index contributed by atoms with van der Waals surface area (Å²) in [6.45, 7) is 4.88. The zero-order valence-electron chi connectivity index (χ0n) is 15.9. The summed E-state index contributed by atoms with van der Waals surface area (Å²) in [7, 11) is 2.68. The van der Waals surface area contributed by atoms with Gasteiger partial charge in [0, 0.05) is 19.2 Å². The Morgan fingerprint density at radius 2 is 1.70 bits per heavy atom. The Hall–Kier alpha value is -2.84. The molecule has 1 fully saturated rings. The minimum Gasteiger partial charge on any atom is -0.493 e. The van der Waals surface area contributed by atoms with Crippen LogP contribution in [0.3, 0.4) is 0 Å². The number of likely N-dealkylation sites (tertiary alicyclic amines) is 1. The van der Waals surface area contributed by atoms with Crippen molar-refractivity contribution in [2.45, 2.75) is 20.3 Å². The molecule has 0 N–H and O–H groups in total. The molecule has 1 aliphatic rings. The van der Waals surface area contributed by atoms with E-state index >= 15 is 0 Å². The molecule has 1 heterocycles. The molecule has 0 unspecified atom stereocenters. The molecule has 1 aliphatic heterocycles. The third-order valence-corrected chi connectivity index (χ3v) is 4.47. The van der Waals surface area contributed by atoms with E-state index in [0.717, 1.165) is 12.5 Å². The number of hydrogen-bond acceptors (Lipinski definition) is 7. The number of carbonyl (C=O) groups excluding carboxylic acids is 2. The summed E-state index contributed by atoms with van der Waals surface area (Å²) >= 11 is 0. The van der Waals surface area contributed by atoms with Gasteiger partial charge >= 0.3 is 5.97 Å². The fourth-order valence-corrected chi connectivity index (χ4v) is 3.35. The van der Waals surface area contributed by atoms with Crippen LogP contribution >= 0.6 is 0 Å². The van der Waals surface area contributed by atoms with Gasteiger partial charge in [-0.1, -0.05) is 13.8 Å². The first kappa shape index (κ1) is 20.5. The summed E-state index contributed by atoms with van der Waals surface area (Å²) in [5.74, 6) is -0.257. The molecule has 0 spiro atoms. The molecule has 9 heteroatoms. The SMILES string of the molecule is COc1cc(C(=O)OCC(=O)N2C[C@H](C)C[C@@H](C)C2)c([N+](=O)[O-])cc1OC. The average Bonchev–Trinajstić information content (AvgIpc) is 2.63. The first-order valence-electron chi connectivity index (χ1n) is 8.62. The van der Waals surface area contributed by atoms with Gasteiger partial charge in [0.1, 0.15) is 5.56 Å². The quantitative estimate of drug-likeness (QED) is 0.423. The van der Waals surface area contributed by atoms with Crippen LogP contribution in [-0.4, -0.2) is 55.6 Å². The zero-order chi connectivity index (χ0) is 20.1. The fraction of sp³-hybridized carbons (Fsp3) is 0.556. The monoisotopic (exact) mass is 380 g/mol. The number of rotatable bonds is 6. The van der Waals surface area contributed by atoms with Gasteiger partial charge in [-0.2, -0.15) is 0 Å². The van der Waals surface area contributed by atoms with Gasteiger partial charge in [-0.3, -0.25) is 14.9 Å². The predicted octanol–water partition coefficient (Wildman–Crippen LogP) is 2.27. The molecule has 0 aromatic heterocycles. The number of nitro groups is 1. The number of nitro benzene ring substituents is 1. The largest absolute Gasteiger partial charge is 0.493 e. The minimum absolute atomic E-state index is 0.119. The van der Waals surface area contributed by atoms with E-state index in [-0.39, 0.29) is 23.0 Å². The van der Waals surface area contributed by atoms with Crippen LogP contribution in [0.4, 0.5) is 5.69 Å². The van der Waals surface area contributed by atoms with Gasteiger partial charge in [0.2, 0.25) is 0 Å². The number of hydrogen-bond donors (Lipinski definition) is 0. The van der Waals surface area contributed by atoms with Crippen molar-refractivity contribution in [3.8, 4) is 11.5 Å². The maximum Gasteiger partial charge on any atom is 0.345 e. The lowest BCUT2D eigenvalue weighted by Gasteiger charge is -2.34. The molecule has 27 heavy (non-hydrogen) atoms. The number of benzene rings is 1. The van der Waals surface area contributed by atoms with Crippen LogP contribution in [0, 0.1) is 22.0 Å². The summed E-state index contributed by atoms with van der Waals surface area (Å²) in [5.41, 5.74) is -0.781. The van der Waals surface area contributed by atoms with Crippen LogP contribution in [0.1, 0.15) is 30.6 Å². The van der Waals surface area contributed by atoms with E-state index in [4.69, 9.17) is 14.2 Å². The number of carbonyl (C=O) groups is 2. The van der Waals surface area contributed by atoms with E-state index in [1.807, 2.05) is 0 Å². The molecule has 2 rings (SSSR count). The van der Waals surface area contributed by atoms with Crippen molar-refractivity contribution in [3.05, 3.63) is 27.8 Å². The Morgan fingerprint density at radius 3 is 2.22 bits per heavy atom. The maximum absolute atomic E-state index is 12.4. The first-order chi connectivity index (χ1) is 12.8. The van der Waals surface area contributed by atoms with Crippen molar-refractivity contribution in [3.63, 3.8) is 0 Å². The topological polar surface area (TPSA) is 108 Å². The number of nitrogens with zero attached hydrogens (tertiary/aromatic N) is 2. The highest BCUT2D eigenvalue weighted by atomic mass is 16.6. The Labute approximate surface area is 157 Å². The second-order valence-electron chi connectivity index (χ2n) is 6.80. The second-order valence-corrected chi connectivity index (χ2v) is 6.80. The summed E-state index contributed by atoms with van der Waals surface area (Å²) < 4.78 is 15.1. The van der Waals surface area contributed by atoms with Crippen molar-refractivity contribution in [2.75, 3.05) is 33.9 Å². The van der Waals surface area contributed by atoms with Crippen LogP contribution in [0.25, 0.3) is 0 Å². The molecule has 1 aromatic carbocycles. The first-order valence-corrected chi connectivity index (χ1v) is 8.62. The molecule has 1 amide bonds. The molecule has 2 atom stereocenters. The molecular weight excluding hydrogens is 356 g/mol. The highest BCUT2D eigenvalue weighted by Crippen LogP contribution is 2.34. The molecule has 0 radical (unpaired) electrons. The summed E-state index contributed by atoms with van der Waals surface area (Å²) in [5, 5.41) is 11.3. The molecule has 1 aromatic rings. The van der Waals surface area contributed by atoms with Crippen molar-refractivity contribution >= 4 is 17.6 Å². The van der Waals surface area contributed by atoms with E-state index in [9.17, 15) is 19.7 Å². The summed E-state index contributed by atoms with van der Waals surface area (Å²) in [4.78, 5) is 36.9. The Balaban J connectivity index is 2.13. The molecule has 9 nitrogen and oxygen atoms in total. The van der Waals surface area contributed by atoms with E-state index in [1.54, 1.807) is 4.90 Å². The third-order valence-electron chi connectivity index (χ3n) is 4.47. The number of ether oxygens (including phenoxy) is 3. The molecule has 148 valence electrons. The third kappa shape index (κ3) is 4.87. The van der Waals surface area contributed by atoms with E-state index in [2.05, 4.69) is 13.8 Å². The number of piperidine rings is 1. The van der Waals surface area contributed by atoms with Gasteiger partial charge in [0.25, 0.3) is 11.6 Å². The van der Waals surface area contributed by atoms with E-state index < -0.39 is 23.2 Å². The smallest absolute Gasteiger partial charge is 0.345 e. The fourth-order valence-electron chi connectivity index (χ4n) is 3.35. The van der Waals surface area contributed by atoms with Crippen LogP contribution < -0.4 is 9.47 Å². The Bertz CT molecular complexity index is 725. The van der Waals surface area contributed by atoms with Gasteiger partial charge in [-0.05, 0) is 18.3 Å². The lowest BCUT2D eigenvalue weighted by Crippen LogP contribution is -2.44. The minimum atomic E-state index is -0.964. The van der Waals surface area contributed by atoms with Crippen molar-refractivity contribution in [2.24, 2.45) is 11.8 Å². The number of methoxy groups -OCH3 is 2. The van der Waals surface area contributed by atoms with Crippen LogP contribution in [0.15, 0.2) is 12.1 Å². The summed E-state index contributed by atoms with van der Waals surface area (Å²) in [6.07, 6.45) is 1.04. The highest BCUT2D eigenvalue weighted by Gasteiger charge is 2.29. The lowest BCUT2D eigenvalue weighted by atomic mass is 9.92. The number of esters is 1. The van der Waals surface area contributed by atoms with E-state index in [1.165, 1.54) is 20.3 Å². The predicted molar refractivity (Wildman–Crippen MR) is 96.0 cm³/mol. The lowest BCUT2D eigenvalue weighted by molar-refractivity contribution is -0.385. The van der Waals surface area contributed by atoms with Crippen LogP contribution in [-0.2, 0) is 9.53 Å². The van der Waals surface area contributed by atoms with Gasteiger partial charge < -0.3 is 19.1 Å². The second kappa shape index (κ2) is 8.70. The van der Waals surface area contributed by atoms with Crippen LogP contribution in [0.2, 0.25) is 0 Å². The van der Waals surface area contributed by atoms with Gasteiger partial charge in [0.15, 0.2) is 18.1 Å². The van der Waals surface area contributed by atoms with Gasteiger partial charge in [0.05, 0.1) is 25.2 Å². The molecule has 0 aliphatic carbocycles. The van der Waals surface area contributed by atoms with E-state index in [0.29, 0.717) is 24.9 Å². The molecule has 0 saturated carbocycles. The Morgan fingerprint density at radius 1 is 1.15 bits per heavy atom. The van der Waals surface area contributed by atoms with Gasteiger partial charge in [-0.25, -0.2) is 4.79 Å². The van der Waals surface area contributed by atoms with Crippen molar-refractivity contribution in [1.29, 1.82) is 0 Å². The number of amides is 1. The normalized spacial score (nSPS) is 19.3. The Kier molecular flexibility index (Phi) is 6.59. The zero-order valence-corrected chi connectivity index (χ0v) is 15.9. The van der Waals surface area contributed by atoms with Crippen molar-refractivity contribution < 1.29 is 28.7 Å². The standard InChI is InChI=1S/C18H24N2O7/c1-11-5-12(2)9-19(8-11)17(21)10-27-18(22)13-6-15(25-3)16(26-4)7-14(13)20(23)24/h6-7,11-12H,5,8-10H2,1-4H3/t11-,12-/m1/s1. The molecular formula is C18H24N2O7.